The van der Waals surface area contributed by atoms with Crippen LogP contribution >= 0.6 is 0 Å². The van der Waals surface area contributed by atoms with Gasteiger partial charge in [-0.3, -0.25) is 4.79 Å². The highest BCUT2D eigenvalue weighted by molar-refractivity contribution is 5.86. The van der Waals surface area contributed by atoms with Crippen LogP contribution in [0.4, 0.5) is 0 Å². The number of aromatic carboxylic acids is 1. The Hall–Kier alpha value is -1.82. The fourth-order valence-electron chi connectivity index (χ4n) is 2.33. The van der Waals surface area contributed by atoms with E-state index in [0.29, 0.717) is 13.1 Å². The number of amides is 1. The summed E-state index contributed by atoms with van der Waals surface area (Å²) in [6, 6.07) is 3.13. The van der Waals surface area contributed by atoms with Gasteiger partial charge in [-0.1, -0.05) is 0 Å². The number of piperidine rings is 1. The minimum Gasteiger partial charge on any atom is -0.477 e. The van der Waals surface area contributed by atoms with E-state index < -0.39 is 5.97 Å². The third-order valence-electron chi connectivity index (χ3n) is 3.48. The lowest BCUT2D eigenvalue weighted by atomic mass is 10.1. The molecule has 1 saturated heterocycles. The second-order valence-corrected chi connectivity index (χ2v) is 4.64. The quantitative estimate of drug-likeness (QED) is 0.876. The number of carboxylic acids is 1. The Balaban J connectivity index is 1.94. The van der Waals surface area contributed by atoms with E-state index in [1.807, 2.05) is 0 Å². The first-order chi connectivity index (χ1) is 9.11. The van der Waals surface area contributed by atoms with Crippen molar-refractivity contribution >= 4 is 11.9 Å². The van der Waals surface area contributed by atoms with E-state index in [1.54, 1.807) is 24.3 Å². The normalized spacial score (nSPS) is 16.6. The minimum absolute atomic E-state index is 0.0479. The number of methoxy groups -OCH3 is 1. The Bertz CT molecular complexity index is 461. The maximum Gasteiger partial charge on any atom is 0.352 e. The molecule has 104 valence electrons. The van der Waals surface area contributed by atoms with Gasteiger partial charge in [-0.2, -0.15) is 0 Å². The molecule has 19 heavy (non-hydrogen) atoms. The molecule has 0 unspecified atom stereocenters. The minimum atomic E-state index is -1.02. The van der Waals surface area contributed by atoms with Gasteiger partial charge in [0.15, 0.2) is 0 Å². The molecule has 1 N–H and O–H groups in total. The van der Waals surface area contributed by atoms with E-state index in [9.17, 15) is 9.59 Å². The second-order valence-electron chi connectivity index (χ2n) is 4.64. The van der Waals surface area contributed by atoms with Crippen molar-refractivity contribution in [2.75, 3.05) is 20.2 Å². The lowest BCUT2D eigenvalue weighted by molar-refractivity contribution is -0.134. The largest absolute Gasteiger partial charge is 0.477 e. The fourth-order valence-corrected chi connectivity index (χ4v) is 2.33. The van der Waals surface area contributed by atoms with Crippen LogP contribution in [0.1, 0.15) is 23.3 Å². The van der Waals surface area contributed by atoms with E-state index in [1.165, 1.54) is 10.6 Å². The maximum absolute atomic E-state index is 12.1. The van der Waals surface area contributed by atoms with E-state index >= 15 is 0 Å². The average Bonchev–Trinajstić information content (AvgIpc) is 2.87. The molecule has 0 aliphatic carbocycles. The summed E-state index contributed by atoms with van der Waals surface area (Å²) in [5.74, 6) is -1.07. The topological polar surface area (TPSA) is 71.8 Å². The molecular formula is C13H18N2O4. The number of nitrogens with zero attached hydrogens (tertiary/aromatic N) is 2. The van der Waals surface area contributed by atoms with Crippen LogP contribution in [0.25, 0.3) is 0 Å². The summed E-state index contributed by atoms with van der Waals surface area (Å²) in [6.45, 7) is 1.41. The summed E-state index contributed by atoms with van der Waals surface area (Å²) in [4.78, 5) is 24.8. The first-order valence-electron chi connectivity index (χ1n) is 6.31. The molecule has 0 saturated carbocycles. The van der Waals surface area contributed by atoms with Crippen molar-refractivity contribution in [2.45, 2.75) is 25.5 Å². The molecule has 2 rings (SSSR count). The van der Waals surface area contributed by atoms with Gasteiger partial charge in [-0.15, -0.1) is 0 Å². The highest BCUT2D eigenvalue weighted by Gasteiger charge is 2.23. The van der Waals surface area contributed by atoms with Crippen LogP contribution in [0, 0.1) is 0 Å². The zero-order chi connectivity index (χ0) is 13.8. The van der Waals surface area contributed by atoms with Crippen LogP contribution < -0.4 is 0 Å². The summed E-state index contributed by atoms with van der Waals surface area (Å²) in [6.07, 6.45) is 3.51. The van der Waals surface area contributed by atoms with E-state index in [4.69, 9.17) is 9.84 Å². The molecular weight excluding hydrogens is 248 g/mol. The molecule has 0 atom stereocenters. The molecule has 0 spiro atoms. The number of aromatic nitrogens is 1. The molecule has 2 heterocycles. The lowest BCUT2D eigenvalue weighted by Gasteiger charge is -2.31. The Kier molecular flexibility index (Phi) is 4.21. The predicted molar refractivity (Wildman–Crippen MR) is 68.0 cm³/mol. The Labute approximate surface area is 111 Å². The fraction of sp³-hybridized carbons (Fsp3) is 0.538. The first kappa shape index (κ1) is 13.6. The van der Waals surface area contributed by atoms with Gasteiger partial charge in [0.05, 0.1) is 6.10 Å². The number of carbonyl (C=O) groups excluding carboxylic acids is 1. The smallest absolute Gasteiger partial charge is 0.352 e. The Morgan fingerprint density at radius 2 is 2.11 bits per heavy atom. The molecule has 0 bridgehead atoms. The zero-order valence-corrected chi connectivity index (χ0v) is 10.9. The highest BCUT2D eigenvalue weighted by atomic mass is 16.5. The van der Waals surface area contributed by atoms with Crippen LogP contribution in [0.5, 0.6) is 0 Å². The van der Waals surface area contributed by atoms with Crippen molar-refractivity contribution in [1.82, 2.24) is 9.47 Å². The van der Waals surface area contributed by atoms with Gasteiger partial charge in [0.1, 0.15) is 12.2 Å². The van der Waals surface area contributed by atoms with Crippen molar-refractivity contribution in [3.63, 3.8) is 0 Å². The van der Waals surface area contributed by atoms with Crippen molar-refractivity contribution in [3.05, 3.63) is 24.0 Å². The van der Waals surface area contributed by atoms with Crippen molar-refractivity contribution in [1.29, 1.82) is 0 Å². The van der Waals surface area contributed by atoms with Gasteiger partial charge in [0.25, 0.3) is 0 Å². The van der Waals surface area contributed by atoms with Gasteiger partial charge >= 0.3 is 5.97 Å². The molecule has 6 heteroatoms. The summed E-state index contributed by atoms with van der Waals surface area (Å²) in [7, 11) is 1.68. The summed E-state index contributed by atoms with van der Waals surface area (Å²) < 4.78 is 6.72. The summed E-state index contributed by atoms with van der Waals surface area (Å²) in [5, 5.41) is 8.98. The number of carboxylic acid groups (broad SMARTS) is 1. The number of likely N-dealkylation sites (tertiary alicyclic amines) is 1. The number of hydrogen-bond acceptors (Lipinski definition) is 3. The van der Waals surface area contributed by atoms with Crippen molar-refractivity contribution < 1.29 is 19.4 Å². The first-order valence-corrected chi connectivity index (χ1v) is 6.31. The van der Waals surface area contributed by atoms with Crippen LogP contribution in [0.2, 0.25) is 0 Å². The molecule has 1 aliphatic rings. The molecule has 1 aliphatic heterocycles. The molecule has 1 amide bonds. The van der Waals surface area contributed by atoms with E-state index in [0.717, 1.165) is 12.8 Å². The molecule has 1 aromatic rings. The summed E-state index contributed by atoms with van der Waals surface area (Å²) >= 11 is 0. The number of rotatable bonds is 4. The van der Waals surface area contributed by atoms with E-state index in [2.05, 4.69) is 0 Å². The van der Waals surface area contributed by atoms with Gasteiger partial charge in [0, 0.05) is 26.4 Å². The summed E-state index contributed by atoms with van der Waals surface area (Å²) in [5.41, 5.74) is 0.139. The maximum atomic E-state index is 12.1. The van der Waals surface area contributed by atoms with Gasteiger partial charge in [0.2, 0.25) is 5.91 Å². The SMILES string of the molecule is COC1CCN(C(=O)Cn2cccc2C(=O)O)CC1. The third kappa shape index (κ3) is 3.14. The number of ether oxygens (including phenoxy) is 1. The molecule has 0 radical (unpaired) electrons. The zero-order valence-electron chi connectivity index (χ0n) is 10.9. The Morgan fingerprint density at radius 1 is 1.42 bits per heavy atom. The standard InChI is InChI=1S/C13H18N2O4/c1-19-10-4-7-14(8-5-10)12(16)9-15-6-2-3-11(15)13(17)18/h2-3,6,10H,4-5,7-9H2,1H3,(H,17,18). The monoisotopic (exact) mass is 266 g/mol. The van der Waals surface area contributed by atoms with Gasteiger partial charge < -0.3 is 19.3 Å². The van der Waals surface area contributed by atoms with Crippen LogP contribution in [-0.2, 0) is 16.1 Å². The Morgan fingerprint density at radius 3 is 2.68 bits per heavy atom. The number of carbonyl (C=O) groups is 2. The molecule has 0 aromatic carbocycles. The van der Waals surface area contributed by atoms with Crippen molar-refractivity contribution in [2.24, 2.45) is 0 Å². The number of hydrogen-bond donors (Lipinski definition) is 1. The average molecular weight is 266 g/mol. The molecule has 6 nitrogen and oxygen atoms in total. The highest BCUT2D eigenvalue weighted by Crippen LogP contribution is 2.14. The lowest BCUT2D eigenvalue weighted by Crippen LogP contribution is -2.42. The third-order valence-corrected chi connectivity index (χ3v) is 3.48. The van der Waals surface area contributed by atoms with Crippen molar-refractivity contribution in [3.8, 4) is 0 Å². The van der Waals surface area contributed by atoms with Crippen LogP contribution in [-0.4, -0.2) is 52.8 Å². The van der Waals surface area contributed by atoms with Gasteiger partial charge in [-0.25, -0.2) is 4.79 Å². The van der Waals surface area contributed by atoms with Crippen LogP contribution in [0.15, 0.2) is 18.3 Å². The molecule has 1 fully saturated rings. The van der Waals surface area contributed by atoms with E-state index in [-0.39, 0.29) is 24.2 Å². The predicted octanol–water partition coefficient (Wildman–Crippen LogP) is 0.824. The second kappa shape index (κ2) is 5.88. The molecule has 1 aromatic heterocycles. The van der Waals surface area contributed by atoms with Crippen LogP contribution in [0.3, 0.4) is 0 Å². The van der Waals surface area contributed by atoms with Gasteiger partial charge in [-0.05, 0) is 25.0 Å².